The van der Waals surface area contributed by atoms with Gasteiger partial charge in [0.1, 0.15) is 0 Å². The van der Waals surface area contributed by atoms with Gasteiger partial charge in [-0.25, -0.2) is 4.79 Å². The number of nitrogens with zero attached hydrogens (tertiary/aromatic N) is 2. The Morgan fingerprint density at radius 3 is 2.16 bits per heavy atom. The van der Waals surface area contributed by atoms with Crippen molar-refractivity contribution in [1.29, 1.82) is 0 Å². The molecule has 0 aromatic heterocycles. The Hall–Kier alpha value is -2.22. The van der Waals surface area contributed by atoms with Gasteiger partial charge in [0, 0.05) is 11.6 Å². The number of carboxylic acid groups (broad SMARTS) is 1. The first kappa shape index (κ1) is 14.8. The minimum atomic E-state index is -1.48. The highest BCUT2D eigenvalue weighted by molar-refractivity contribution is 6.35. The molecule has 0 aliphatic carbocycles. The summed E-state index contributed by atoms with van der Waals surface area (Å²) < 4.78 is 0. The van der Waals surface area contributed by atoms with Crippen molar-refractivity contribution in [3.8, 4) is 0 Å². The molecule has 102 valence electrons. The van der Waals surface area contributed by atoms with E-state index in [-0.39, 0.29) is 5.56 Å². The third-order valence-electron chi connectivity index (χ3n) is 2.45. The monoisotopic (exact) mass is 288 g/mol. The average Bonchev–Trinajstić information content (AvgIpc) is 2.26. The molecule has 1 aromatic rings. The summed E-state index contributed by atoms with van der Waals surface area (Å²) in [5.41, 5.74) is -2.15. The number of hydrogen-bond donors (Lipinski definition) is 1. The van der Waals surface area contributed by atoms with Crippen LogP contribution in [0.25, 0.3) is 0 Å². The zero-order chi connectivity index (χ0) is 14.9. The summed E-state index contributed by atoms with van der Waals surface area (Å²) in [6.45, 7) is 3.08. The minimum Gasteiger partial charge on any atom is -0.478 e. The summed E-state index contributed by atoms with van der Waals surface area (Å²) in [4.78, 5) is 31.0. The Morgan fingerprint density at radius 1 is 1.32 bits per heavy atom. The SMILES string of the molecule is CC(C)c1c(C(=O)O)cc([N+](=O)[O-])c(Cl)c1[N+](=O)[O-]. The van der Waals surface area contributed by atoms with E-state index in [0.717, 1.165) is 6.07 Å². The van der Waals surface area contributed by atoms with Gasteiger partial charge in [-0.15, -0.1) is 0 Å². The molecule has 0 heterocycles. The molecule has 0 atom stereocenters. The van der Waals surface area contributed by atoms with Gasteiger partial charge in [-0.3, -0.25) is 20.2 Å². The largest absolute Gasteiger partial charge is 0.478 e. The molecule has 0 unspecified atom stereocenters. The highest BCUT2D eigenvalue weighted by Crippen LogP contribution is 2.41. The number of hydrogen-bond acceptors (Lipinski definition) is 5. The van der Waals surface area contributed by atoms with Crippen LogP contribution in [0.3, 0.4) is 0 Å². The molecule has 0 amide bonds. The van der Waals surface area contributed by atoms with Gasteiger partial charge in [0.25, 0.3) is 11.4 Å². The average molecular weight is 289 g/mol. The summed E-state index contributed by atoms with van der Waals surface area (Å²) in [5, 5.41) is 30.1. The number of halogens is 1. The van der Waals surface area contributed by atoms with E-state index in [4.69, 9.17) is 16.7 Å². The van der Waals surface area contributed by atoms with E-state index in [1.807, 2.05) is 0 Å². The van der Waals surface area contributed by atoms with Gasteiger partial charge >= 0.3 is 5.97 Å². The zero-order valence-electron chi connectivity index (χ0n) is 9.92. The van der Waals surface area contributed by atoms with Crippen LogP contribution < -0.4 is 0 Å². The van der Waals surface area contributed by atoms with Crippen LogP contribution in [0.4, 0.5) is 11.4 Å². The Labute approximate surface area is 111 Å². The summed E-state index contributed by atoms with van der Waals surface area (Å²) >= 11 is 5.65. The molecule has 1 aromatic carbocycles. The molecule has 1 rings (SSSR count). The van der Waals surface area contributed by atoms with Crippen molar-refractivity contribution in [2.45, 2.75) is 19.8 Å². The molecular weight excluding hydrogens is 280 g/mol. The Bertz CT molecular complexity index is 584. The molecule has 0 aliphatic heterocycles. The Morgan fingerprint density at radius 2 is 1.84 bits per heavy atom. The van der Waals surface area contributed by atoms with E-state index in [1.54, 1.807) is 0 Å². The van der Waals surface area contributed by atoms with E-state index in [1.165, 1.54) is 13.8 Å². The predicted octanol–water partition coefficient (Wildman–Crippen LogP) is 2.98. The first-order valence-electron chi connectivity index (χ1n) is 5.06. The maximum absolute atomic E-state index is 11.1. The fraction of sp³-hybridized carbons (Fsp3) is 0.300. The maximum Gasteiger partial charge on any atom is 0.336 e. The van der Waals surface area contributed by atoms with E-state index in [2.05, 4.69) is 0 Å². The second kappa shape index (κ2) is 5.19. The lowest BCUT2D eigenvalue weighted by molar-refractivity contribution is -0.394. The van der Waals surface area contributed by atoms with Crippen molar-refractivity contribution in [1.82, 2.24) is 0 Å². The fourth-order valence-electron chi connectivity index (χ4n) is 1.72. The number of nitro benzene ring substituents is 2. The molecule has 0 aliphatic rings. The lowest BCUT2D eigenvalue weighted by Crippen LogP contribution is -2.10. The van der Waals surface area contributed by atoms with Crippen LogP contribution in [0, 0.1) is 20.2 Å². The molecule has 0 spiro atoms. The quantitative estimate of drug-likeness (QED) is 0.671. The van der Waals surface area contributed by atoms with Crippen LogP contribution in [-0.4, -0.2) is 20.9 Å². The smallest absolute Gasteiger partial charge is 0.336 e. The first-order chi connectivity index (χ1) is 8.68. The van der Waals surface area contributed by atoms with Crippen molar-refractivity contribution < 1.29 is 19.7 Å². The number of carboxylic acids is 1. The van der Waals surface area contributed by atoms with Gasteiger partial charge in [0.15, 0.2) is 5.02 Å². The molecule has 0 radical (unpaired) electrons. The molecule has 8 nitrogen and oxygen atoms in total. The van der Waals surface area contributed by atoms with E-state index in [0.29, 0.717) is 0 Å². The van der Waals surface area contributed by atoms with Crippen molar-refractivity contribution in [3.63, 3.8) is 0 Å². The van der Waals surface area contributed by atoms with Crippen molar-refractivity contribution in [2.75, 3.05) is 0 Å². The topological polar surface area (TPSA) is 124 Å². The van der Waals surface area contributed by atoms with Crippen LogP contribution >= 0.6 is 11.6 Å². The molecule has 0 saturated carbocycles. The number of benzene rings is 1. The van der Waals surface area contributed by atoms with Crippen LogP contribution in [-0.2, 0) is 0 Å². The van der Waals surface area contributed by atoms with Gasteiger partial charge in [-0.1, -0.05) is 25.4 Å². The number of nitro groups is 2. The Balaban J connectivity index is 3.89. The number of carbonyl (C=O) groups is 1. The fourth-order valence-corrected chi connectivity index (χ4v) is 2.01. The van der Waals surface area contributed by atoms with Gasteiger partial charge in [-0.2, -0.15) is 0 Å². The summed E-state index contributed by atoms with van der Waals surface area (Å²) in [7, 11) is 0. The second-order valence-corrected chi connectivity index (χ2v) is 4.37. The van der Waals surface area contributed by atoms with Crippen molar-refractivity contribution in [2.24, 2.45) is 0 Å². The van der Waals surface area contributed by atoms with Crippen LogP contribution in [0.2, 0.25) is 5.02 Å². The standard InChI is InChI=1S/C10H9ClN2O6/c1-4(2)7-5(10(14)15)3-6(12(16)17)8(11)9(7)13(18)19/h3-4H,1-2H3,(H,14,15). The molecule has 1 N–H and O–H groups in total. The lowest BCUT2D eigenvalue weighted by atomic mass is 9.94. The van der Waals surface area contributed by atoms with Gasteiger partial charge in [0.05, 0.1) is 15.4 Å². The molecule has 0 bridgehead atoms. The van der Waals surface area contributed by atoms with Crippen LogP contribution in [0.5, 0.6) is 0 Å². The third kappa shape index (κ3) is 2.63. The lowest BCUT2D eigenvalue weighted by Gasteiger charge is -2.11. The molecule has 9 heteroatoms. The molecule has 0 fully saturated rings. The van der Waals surface area contributed by atoms with E-state index < -0.39 is 43.7 Å². The molecule has 19 heavy (non-hydrogen) atoms. The highest BCUT2D eigenvalue weighted by Gasteiger charge is 2.34. The predicted molar refractivity (Wildman–Crippen MR) is 65.8 cm³/mol. The van der Waals surface area contributed by atoms with Gasteiger partial charge < -0.3 is 5.11 Å². The Kier molecular flexibility index (Phi) is 4.05. The first-order valence-corrected chi connectivity index (χ1v) is 5.44. The maximum atomic E-state index is 11.1. The molecule has 0 saturated heterocycles. The van der Waals surface area contributed by atoms with Crippen LogP contribution in [0.1, 0.15) is 35.7 Å². The van der Waals surface area contributed by atoms with E-state index >= 15 is 0 Å². The van der Waals surface area contributed by atoms with Crippen molar-refractivity contribution in [3.05, 3.63) is 42.4 Å². The van der Waals surface area contributed by atoms with Gasteiger partial charge in [0.2, 0.25) is 0 Å². The highest BCUT2D eigenvalue weighted by atomic mass is 35.5. The summed E-state index contributed by atoms with van der Waals surface area (Å²) in [6, 6.07) is 0.743. The van der Waals surface area contributed by atoms with Crippen molar-refractivity contribution >= 4 is 28.9 Å². The third-order valence-corrected chi connectivity index (χ3v) is 2.82. The number of aromatic carboxylic acids is 1. The second-order valence-electron chi connectivity index (χ2n) is 3.99. The summed E-state index contributed by atoms with van der Waals surface area (Å²) in [6.07, 6.45) is 0. The van der Waals surface area contributed by atoms with Crippen LogP contribution in [0.15, 0.2) is 6.07 Å². The minimum absolute atomic E-state index is 0.131. The normalized spacial score (nSPS) is 10.5. The summed E-state index contributed by atoms with van der Waals surface area (Å²) in [5.74, 6) is -2.00. The van der Waals surface area contributed by atoms with Gasteiger partial charge in [-0.05, 0) is 5.92 Å². The molecular formula is C10H9ClN2O6. The van der Waals surface area contributed by atoms with E-state index in [9.17, 15) is 25.0 Å². The zero-order valence-corrected chi connectivity index (χ0v) is 10.7. The number of rotatable bonds is 4.